The Balaban J connectivity index is 1.90. The van der Waals surface area contributed by atoms with Crippen LogP contribution in [0.25, 0.3) is 0 Å². The summed E-state index contributed by atoms with van der Waals surface area (Å²) in [6.45, 7) is 0. The second-order valence-corrected chi connectivity index (χ2v) is 19.9. The van der Waals surface area contributed by atoms with Crippen LogP contribution in [-0.2, 0) is 23.3 Å². The molecule has 2 rings (SSSR count). The fourth-order valence-corrected chi connectivity index (χ4v) is 11.0. The predicted octanol–water partition coefficient (Wildman–Crippen LogP) is 6.44. The lowest BCUT2D eigenvalue weighted by atomic mass is 10.2. The highest BCUT2D eigenvalue weighted by Crippen LogP contribution is 2.78. The molecule has 0 spiro atoms. The minimum absolute atomic E-state index is 1.01. The van der Waals surface area contributed by atoms with E-state index in [4.69, 9.17) is 11.8 Å². The Hall–Kier alpha value is 0.140. The molecule has 0 aliphatic carbocycles. The van der Waals surface area contributed by atoms with E-state index >= 15 is 0 Å². The fraction of sp³-hybridized carbons (Fsp3) is 0.200. The molecule has 106 valence electrons. The molecule has 2 aromatic carbocycles. The maximum Gasteiger partial charge on any atom is 0.109 e. The Morgan fingerprint density at radius 2 is 1.20 bits per heavy atom. The smallest absolute Gasteiger partial charge is 0.108 e. The van der Waals surface area contributed by atoms with Gasteiger partial charge in [-0.15, -0.1) is 11.4 Å². The molecule has 0 heterocycles. The molecule has 0 bridgehead atoms. The third-order valence-electron chi connectivity index (χ3n) is 2.69. The van der Waals surface area contributed by atoms with Gasteiger partial charge in [0.05, 0.1) is 0 Å². The molecule has 0 N–H and O–H groups in total. The van der Waals surface area contributed by atoms with Crippen molar-refractivity contribution in [3.63, 3.8) is 0 Å². The quantitative estimate of drug-likeness (QED) is 0.523. The first-order chi connectivity index (χ1) is 9.72. The zero-order valence-corrected chi connectivity index (χ0v) is 15.4. The van der Waals surface area contributed by atoms with Gasteiger partial charge in [0.2, 0.25) is 0 Å². The fourth-order valence-electron chi connectivity index (χ4n) is 1.60. The minimum atomic E-state index is -1.45. The largest absolute Gasteiger partial charge is 0.109 e. The molecule has 0 saturated heterocycles. The van der Waals surface area contributed by atoms with E-state index in [-0.39, 0.29) is 0 Å². The van der Waals surface area contributed by atoms with E-state index in [1.165, 1.54) is 11.1 Å². The standard InChI is InChI=1S/C15H17PS4/c1-18-16(17,19-12-14-8-4-2-5-9-14)20-13-15-10-6-3-7-11-15/h2-11H,12-13H2,1H3. The number of hydrogen-bond donors (Lipinski definition) is 0. The second kappa shape index (κ2) is 8.55. The summed E-state index contributed by atoms with van der Waals surface area (Å²) in [5, 5.41) is 0. The first-order valence-corrected chi connectivity index (χ1v) is 14.1. The van der Waals surface area contributed by atoms with Gasteiger partial charge in [-0.3, -0.25) is 0 Å². The first-order valence-electron chi connectivity index (χ1n) is 6.24. The van der Waals surface area contributed by atoms with Crippen LogP contribution in [0.4, 0.5) is 0 Å². The lowest BCUT2D eigenvalue weighted by Crippen LogP contribution is -1.79. The summed E-state index contributed by atoms with van der Waals surface area (Å²) < 4.78 is -1.45. The molecule has 0 amide bonds. The summed E-state index contributed by atoms with van der Waals surface area (Å²) in [7, 11) is 0. The Kier molecular flexibility index (Phi) is 7.06. The van der Waals surface area contributed by atoms with Crippen molar-refractivity contribution in [3.8, 4) is 0 Å². The van der Waals surface area contributed by atoms with E-state index in [2.05, 4.69) is 66.9 Å². The highest BCUT2D eigenvalue weighted by molar-refractivity contribution is 9.22. The predicted molar refractivity (Wildman–Crippen MR) is 103 cm³/mol. The summed E-state index contributed by atoms with van der Waals surface area (Å²) in [5.41, 5.74) is 2.72. The van der Waals surface area contributed by atoms with Crippen molar-refractivity contribution in [3.05, 3.63) is 71.8 Å². The topological polar surface area (TPSA) is 0 Å². The molecule has 5 heteroatoms. The molecular formula is C15H17PS4. The molecule has 0 aliphatic rings. The van der Waals surface area contributed by atoms with E-state index in [1.54, 1.807) is 0 Å². The Labute approximate surface area is 138 Å². The van der Waals surface area contributed by atoms with Crippen LogP contribution >= 0.6 is 37.8 Å². The number of rotatable bonds is 7. The van der Waals surface area contributed by atoms with Gasteiger partial charge < -0.3 is 0 Å². The van der Waals surface area contributed by atoms with Gasteiger partial charge in [-0.2, -0.15) is 0 Å². The SMILES string of the molecule is CSP(=S)(SCc1ccccc1)SCc1ccccc1. The summed E-state index contributed by atoms with van der Waals surface area (Å²) in [6.07, 6.45) is 2.15. The van der Waals surface area contributed by atoms with Gasteiger partial charge in [0, 0.05) is 11.5 Å². The van der Waals surface area contributed by atoms with Crippen LogP contribution in [0.15, 0.2) is 60.7 Å². The van der Waals surface area contributed by atoms with E-state index in [1.807, 2.05) is 34.1 Å². The highest BCUT2D eigenvalue weighted by atomic mass is 33.5. The van der Waals surface area contributed by atoms with Crippen LogP contribution in [0, 0.1) is 0 Å². The van der Waals surface area contributed by atoms with Crippen molar-refractivity contribution in [2.45, 2.75) is 11.5 Å². The van der Waals surface area contributed by atoms with Crippen molar-refractivity contribution in [2.24, 2.45) is 0 Å². The normalized spacial score (nSPS) is 11.4. The van der Waals surface area contributed by atoms with Gasteiger partial charge in [-0.05, 0) is 17.4 Å². The summed E-state index contributed by atoms with van der Waals surface area (Å²) >= 11 is 11.7. The third-order valence-corrected chi connectivity index (χ3v) is 18.4. The zero-order chi connectivity index (χ0) is 14.3. The van der Waals surface area contributed by atoms with Crippen LogP contribution in [0.5, 0.6) is 0 Å². The molecule has 20 heavy (non-hydrogen) atoms. The van der Waals surface area contributed by atoms with Crippen LogP contribution in [-0.4, -0.2) is 6.26 Å². The van der Waals surface area contributed by atoms with Crippen molar-refractivity contribution in [2.75, 3.05) is 6.26 Å². The van der Waals surface area contributed by atoms with Gasteiger partial charge in [0.1, 0.15) is 3.64 Å². The van der Waals surface area contributed by atoms with Crippen molar-refractivity contribution >= 4 is 49.6 Å². The van der Waals surface area contributed by atoms with E-state index < -0.39 is 3.64 Å². The minimum Gasteiger partial charge on any atom is -0.108 e. The van der Waals surface area contributed by atoms with Gasteiger partial charge in [0.15, 0.2) is 0 Å². The molecule has 2 aromatic rings. The molecule has 0 aromatic heterocycles. The zero-order valence-electron chi connectivity index (χ0n) is 11.3. The van der Waals surface area contributed by atoms with Crippen LogP contribution in [0.1, 0.15) is 11.1 Å². The lowest BCUT2D eigenvalue weighted by Gasteiger charge is -2.18. The van der Waals surface area contributed by atoms with Crippen LogP contribution in [0.3, 0.4) is 0 Å². The molecule has 0 aliphatic heterocycles. The van der Waals surface area contributed by atoms with Gasteiger partial charge >= 0.3 is 0 Å². The van der Waals surface area contributed by atoms with Crippen molar-refractivity contribution < 1.29 is 0 Å². The van der Waals surface area contributed by atoms with E-state index in [9.17, 15) is 0 Å². The molecule has 0 nitrogen and oxygen atoms in total. The monoisotopic (exact) mass is 356 g/mol. The van der Waals surface area contributed by atoms with Crippen molar-refractivity contribution in [1.29, 1.82) is 0 Å². The number of hydrogen-bond acceptors (Lipinski definition) is 4. The maximum atomic E-state index is 5.90. The molecule has 0 unspecified atom stereocenters. The maximum absolute atomic E-state index is 5.90. The Morgan fingerprint density at radius 1 is 0.800 bits per heavy atom. The average molecular weight is 357 g/mol. The van der Waals surface area contributed by atoms with E-state index in [0.29, 0.717) is 0 Å². The summed E-state index contributed by atoms with van der Waals surface area (Å²) in [5.74, 6) is 2.03. The third kappa shape index (κ3) is 5.50. The molecule has 0 radical (unpaired) electrons. The van der Waals surface area contributed by atoms with Gasteiger partial charge in [-0.1, -0.05) is 95.2 Å². The Bertz CT molecular complexity index is 509. The summed E-state index contributed by atoms with van der Waals surface area (Å²) in [6, 6.07) is 21.2. The van der Waals surface area contributed by atoms with E-state index in [0.717, 1.165) is 11.5 Å². The second-order valence-electron chi connectivity index (χ2n) is 4.15. The summed E-state index contributed by atoms with van der Waals surface area (Å²) in [4.78, 5) is 0. The number of benzene rings is 2. The van der Waals surface area contributed by atoms with Gasteiger partial charge in [0.25, 0.3) is 0 Å². The highest BCUT2D eigenvalue weighted by Gasteiger charge is 2.17. The van der Waals surface area contributed by atoms with Crippen molar-refractivity contribution in [1.82, 2.24) is 0 Å². The average Bonchev–Trinajstić information content (AvgIpc) is 2.53. The molecular weight excluding hydrogens is 339 g/mol. The molecule has 0 saturated carbocycles. The van der Waals surface area contributed by atoms with Crippen LogP contribution < -0.4 is 0 Å². The Morgan fingerprint density at radius 3 is 1.55 bits per heavy atom. The molecule has 0 fully saturated rings. The molecule has 0 atom stereocenters. The first kappa shape index (κ1) is 16.5. The van der Waals surface area contributed by atoms with Crippen LogP contribution in [0.2, 0.25) is 0 Å². The lowest BCUT2D eigenvalue weighted by molar-refractivity contribution is 1.43. The van der Waals surface area contributed by atoms with Gasteiger partial charge in [-0.25, -0.2) is 0 Å².